The lowest BCUT2D eigenvalue weighted by atomic mass is 9.96. The monoisotopic (exact) mass is 467 g/mol. The average molecular weight is 468 g/mol. The number of anilines is 1. The van der Waals surface area contributed by atoms with Crippen molar-refractivity contribution in [3.05, 3.63) is 59.8 Å². The lowest BCUT2D eigenvalue weighted by molar-refractivity contribution is -0.135. The summed E-state index contributed by atoms with van der Waals surface area (Å²) in [5, 5.41) is 0.459. The fraction of sp³-hybridized carbons (Fsp3) is 0.360. The zero-order valence-electron chi connectivity index (χ0n) is 18.8. The molecule has 1 aromatic carbocycles. The van der Waals surface area contributed by atoms with Crippen LogP contribution >= 0.6 is 11.6 Å². The molecule has 8 heteroatoms. The van der Waals surface area contributed by atoms with Crippen LogP contribution in [-0.4, -0.2) is 51.9 Å². The highest BCUT2D eigenvalue weighted by Crippen LogP contribution is 2.35. The van der Waals surface area contributed by atoms with Gasteiger partial charge < -0.3 is 9.80 Å². The first-order valence-electron chi connectivity index (χ1n) is 11.3. The number of carbonyl (C=O) groups is 1. The van der Waals surface area contributed by atoms with E-state index >= 15 is 0 Å². The molecule has 0 aliphatic carbocycles. The molecule has 6 nitrogen and oxygen atoms in total. The lowest BCUT2D eigenvalue weighted by Crippen LogP contribution is -2.45. The fourth-order valence-corrected chi connectivity index (χ4v) is 4.50. The molecule has 1 amide bonds. The third-order valence-electron chi connectivity index (χ3n) is 6.07. The number of aromatic nitrogens is 3. The molecule has 0 bridgehead atoms. The summed E-state index contributed by atoms with van der Waals surface area (Å²) in [6.07, 6.45) is 6.73. The summed E-state index contributed by atoms with van der Waals surface area (Å²) in [4.78, 5) is 30.7. The molecule has 0 spiro atoms. The Balaban J connectivity index is 1.71. The van der Waals surface area contributed by atoms with Gasteiger partial charge in [-0.15, -0.1) is 0 Å². The molecule has 4 rings (SSSR count). The first kappa shape index (κ1) is 23.1. The number of pyridine rings is 1. The van der Waals surface area contributed by atoms with Crippen molar-refractivity contribution in [2.24, 2.45) is 5.92 Å². The molecular formula is C25H27ClFN5O. The van der Waals surface area contributed by atoms with Gasteiger partial charge in [0.2, 0.25) is 5.91 Å². The molecule has 1 saturated heterocycles. The van der Waals surface area contributed by atoms with Crippen LogP contribution in [0.25, 0.3) is 22.5 Å². The summed E-state index contributed by atoms with van der Waals surface area (Å²) in [5.74, 6) is 0.507. The molecule has 2 aromatic heterocycles. The van der Waals surface area contributed by atoms with Crippen LogP contribution in [0.1, 0.15) is 26.7 Å². The minimum Gasteiger partial charge on any atom is -0.355 e. The maximum atomic E-state index is 13.5. The minimum atomic E-state index is -0.316. The van der Waals surface area contributed by atoms with Crippen LogP contribution in [0.15, 0.2) is 48.9 Å². The number of benzene rings is 1. The van der Waals surface area contributed by atoms with Crippen molar-refractivity contribution >= 4 is 23.3 Å². The third-order valence-corrected chi connectivity index (χ3v) is 6.38. The van der Waals surface area contributed by atoms with Crippen LogP contribution in [0.5, 0.6) is 0 Å². The molecule has 33 heavy (non-hydrogen) atoms. The quantitative estimate of drug-likeness (QED) is 0.505. The van der Waals surface area contributed by atoms with Crippen LogP contribution in [0.4, 0.5) is 10.2 Å². The number of rotatable bonds is 6. The lowest BCUT2D eigenvalue weighted by Gasteiger charge is -2.35. The van der Waals surface area contributed by atoms with Crippen LogP contribution < -0.4 is 4.90 Å². The highest BCUT2D eigenvalue weighted by molar-refractivity contribution is 6.33. The second kappa shape index (κ2) is 10.3. The molecule has 1 atom stereocenters. The molecule has 1 aliphatic rings. The molecule has 1 unspecified atom stereocenters. The summed E-state index contributed by atoms with van der Waals surface area (Å²) in [7, 11) is 0. The van der Waals surface area contributed by atoms with Gasteiger partial charge in [-0.25, -0.2) is 9.37 Å². The van der Waals surface area contributed by atoms with Gasteiger partial charge in [0.15, 0.2) is 0 Å². The number of piperidine rings is 1. The zero-order valence-corrected chi connectivity index (χ0v) is 19.6. The zero-order chi connectivity index (χ0) is 23.4. The van der Waals surface area contributed by atoms with E-state index < -0.39 is 0 Å². The van der Waals surface area contributed by atoms with Crippen molar-refractivity contribution in [3.63, 3.8) is 0 Å². The van der Waals surface area contributed by atoms with Gasteiger partial charge in [0.1, 0.15) is 17.3 Å². The smallest absolute Gasteiger partial charge is 0.227 e. The average Bonchev–Trinajstić information content (AvgIpc) is 2.85. The molecule has 3 heterocycles. The van der Waals surface area contributed by atoms with Gasteiger partial charge in [0.25, 0.3) is 0 Å². The highest BCUT2D eigenvalue weighted by atomic mass is 35.5. The van der Waals surface area contributed by atoms with Gasteiger partial charge in [0.05, 0.1) is 22.8 Å². The Kier molecular flexibility index (Phi) is 7.18. The minimum absolute atomic E-state index is 0.0646. The van der Waals surface area contributed by atoms with Crippen molar-refractivity contribution in [2.75, 3.05) is 31.1 Å². The molecule has 3 aromatic rings. The Labute approximate surface area is 198 Å². The maximum absolute atomic E-state index is 13.5. The van der Waals surface area contributed by atoms with E-state index in [0.717, 1.165) is 24.9 Å². The number of hydrogen-bond acceptors (Lipinski definition) is 5. The third kappa shape index (κ3) is 4.98. The van der Waals surface area contributed by atoms with Crippen molar-refractivity contribution in [2.45, 2.75) is 26.7 Å². The molecule has 1 fully saturated rings. The van der Waals surface area contributed by atoms with Crippen LogP contribution in [0.2, 0.25) is 5.02 Å². The topological polar surface area (TPSA) is 62.2 Å². The number of carbonyl (C=O) groups excluding carboxylic acids is 1. The van der Waals surface area contributed by atoms with Crippen molar-refractivity contribution < 1.29 is 9.18 Å². The predicted molar refractivity (Wildman–Crippen MR) is 129 cm³/mol. The molecule has 0 saturated carbocycles. The summed E-state index contributed by atoms with van der Waals surface area (Å²) < 4.78 is 13.5. The van der Waals surface area contributed by atoms with Gasteiger partial charge in [0, 0.05) is 49.7 Å². The Bertz CT molecular complexity index is 1120. The van der Waals surface area contributed by atoms with E-state index in [1.165, 1.54) is 12.1 Å². The first-order chi connectivity index (χ1) is 16.0. The Morgan fingerprint density at radius 1 is 1.15 bits per heavy atom. The van der Waals surface area contributed by atoms with E-state index in [9.17, 15) is 9.18 Å². The molecule has 172 valence electrons. The van der Waals surface area contributed by atoms with Crippen LogP contribution in [0.3, 0.4) is 0 Å². The van der Waals surface area contributed by atoms with Gasteiger partial charge in [-0.05, 0) is 57.0 Å². The summed E-state index contributed by atoms with van der Waals surface area (Å²) in [6.45, 7) is 6.84. The van der Waals surface area contributed by atoms with Gasteiger partial charge in [-0.3, -0.25) is 14.8 Å². The SMILES string of the molecule is CCN(CC)C(=O)C1CCCN(c2cnc(-c3ccc(F)cc3)c(-c3ccncc3Cl)n2)C1. The Hall–Kier alpha value is -3.06. The maximum Gasteiger partial charge on any atom is 0.227 e. The number of hydrogen-bond donors (Lipinski definition) is 0. The van der Waals surface area contributed by atoms with E-state index in [4.69, 9.17) is 21.6 Å². The van der Waals surface area contributed by atoms with Gasteiger partial charge >= 0.3 is 0 Å². The molecule has 0 N–H and O–H groups in total. The normalized spacial score (nSPS) is 16.0. The first-order valence-corrected chi connectivity index (χ1v) is 11.7. The van der Waals surface area contributed by atoms with Crippen molar-refractivity contribution in [3.8, 4) is 22.5 Å². The number of amides is 1. The molecule has 1 aliphatic heterocycles. The fourth-order valence-electron chi connectivity index (χ4n) is 4.29. The van der Waals surface area contributed by atoms with Crippen molar-refractivity contribution in [1.29, 1.82) is 0 Å². The van der Waals surface area contributed by atoms with E-state index in [-0.39, 0.29) is 17.6 Å². The standard InChI is InChI=1S/C25H27ClFN5O/c1-3-31(4-2)25(33)18-6-5-13-32(16-18)22-15-29-23(17-7-9-19(27)10-8-17)24(30-22)20-11-12-28-14-21(20)26/h7-12,14-15,18H,3-6,13,16H2,1-2H3. The van der Waals surface area contributed by atoms with Gasteiger partial charge in [-0.1, -0.05) is 11.6 Å². The largest absolute Gasteiger partial charge is 0.355 e. The highest BCUT2D eigenvalue weighted by Gasteiger charge is 2.29. The molecular weight excluding hydrogens is 441 g/mol. The van der Waals surface area contributed by atoms with E-state index in [1.807, 2.05) is 18.7 Å². The van der Waals surface area contributed by atoms with Gasteiger partial charge in [-0.2, -0.15) is 0 Å². The summed E-state index contributed by atoms with van der Waals surface area (Å²) >= 11 is 6.46. The van der Waals surface area contributed by atoms with Crippen LogP contribution in [0, 0.1) is 11.7 Å². The number of nitrogens with zero attached hydrogens (tertiary/aromatic N) is 5. The summed E-state index contributed by atoms with van der Waals surface area (Å²) in [6, 6.07) is 7.95. The summed E-state index contributed by atoms with van der Waals surface area (Å²) in [5.41, 5.74) is 2.66. The second-order valence-corrected chi connectivity index (χ2v) is 8.49. The Morgan fingerprint density at radius 3 is 2.61 bits per heavy atom. The molecule has 0 radical (unpaired) electrons. The Morgan fingerprint density at radius 2 is 1.91 bits per heavy atom. The van der Waals surface area contributed by atoms with Crippen LogP contribution in [-0.2, 0) is 4.79 Å². The number of halogens is 2. The van der Waals surface area contributed by atoms with E-state index in [2.05, 4.69) is 9.88 Å². The van der Waals surface area contributed by atoms with Crippen molar-refractivity contribution in [1.82, 2.24) is 19.9 Å². The van der Waals surface area contributed by atoms with E-state index in [0.29, 0.717) is 47.4 Å². The second-order valence-electron chi connectivity index (χ2n) is 8.08. The predicted octanol–water partition coefficient (Wildman–Crippen LogP) is 5.08. The van der Waals surface area contributed by atoms with E-state index in [1.54, 1.807) is 36.8 Å².